The zero-order valence-corrected chi connectivity index (χ0v) is 17.8. The van der Waals surface area contributed by atoms with Crippen LogP contribution >= 0.6 is 0 Å². The molecule has 0 aliphatic rings. The van der Waals surface area contributed by atoms with Crippen LogP contribution < -0.4 is 4.74 Å². The van der Waals surface area contributed by atoms with Crippen LogP contribution in [0.15, 0.2) is 77.7 Å². The summed E-state index contributed by atoms with van der Waals surface area (Å²) in [5.74, 6) is 0.741. The lowest BCUT2D eigenvalue weighted by Crippen LogP contribution is -2.12. The molecule has 5 heteroatoms. The topological polar surface area (TPSA) is 52.6 Å². The minimum Gasteiger partial charge on any atom is -0.496 e. The molecule has 0 aliphatic carbocycles. The molecule has 0 bridgehead atoms. The maximum atomic E-state index is 12.5. The molecule has 0 spiro atoms. The Bertz CT molecular complexity index is 1040. The van der Waals surface area contributed by atoms with Crippen molar-refractivity contribution in [1.29, 1.82) is 0 Å². The molecule has 0 fully saturated rings. The summed E-state index contributed by atoms with van der Waals surface area (Å²) >= 11 is 0. The maximum absolute atomic E-state index is 12.5. The second-order valence-corrected chi connectivity index (χ2v) is 8.70. The highest BCUT2D eigenvalue weighted by molar-refractivity contribution is 7.86. The summed E-state index contributed by atoms with van der Waals surface area (Å²) in [7, 11) is -2.14. The van der Waals surface area contributed by atoms with Crippen LogP contribution in [0.1, 0.15) is 34.6 Å². The average Bonchev–Trinajstić information content (AvgIpc) is 2.72. The average molecular weight is 411 g/mol. The first-order valence-corrected chi connectivity index (χ1v) is 11.0. The Balaban J connectivity index is 1.83. The van der Waals surface area contributed by atoms with Crippen LogP contribution in [-0.4, -0.2) is 22.1 Å². The molecule has 0 aliphatic heterocycles. The zero-order chi connectivity index (χ0) is 20.9. The summed E-state index contributed by atoms with van der Waals surface area (Å²) in [4.78, 5) is 0.174. The number of benzene rings is 3. The van der Waals surface area contributed by atoms with Gasteiger partial charge in [-0.3, -0.25) is 4.18 Å². The molecular weight excluding hydrogens is 384 g/mol. The Morgan fingerprint density at radius 2 is 1.52 bits per heavy atom. The largest absolute Gasteiger partial charge is 0.496 e. The van der Waals surface area contributed by atoms with Crippen molar-refractivity contribution in [2.45, 2.75) is 31.1 Å². The SMILES string of the molecule is COc1ccc(C)cc1C(CCOS(=O)(=O)c1ccc(C)cc1)c1ccccc1. The molecule has 0 amide bonds. The molecule has 29 heavy (non-hydrogen) atoms. The molecule has 0 radical (unpaired) electrons. The molecular formula is C24H26O4S. The molecule has 1 unspecified atom stereocenters. The highest BCUT2D eigenvalue weighted by Gasteiger charge is 2.21. The third-order valence-corrected chi connectivity index (χ3v) is 6.24. The van der Waals surface area contributed by atoms with Crippen LogP contribution in [-0.2, 0) is 14.3 Å². The second kappa shape index (κ2) is 9.25. The van der Waals surface area contributed by atoms with Crippen LogP contribution in [0.5, 0.6) is 5.75 Å². The van der Waals surface area contributed by atoms with Gasteiger partial charge < -0.3 is 4.74 Å². The lowest BCUT2D eigenvalue weighted by molar-refractivity contribution is 0.304. The monoisotopic (exact) mass is 410 g/mol. The van der Waals surface area contributed by atoms with Crippen LogP contribution in [0.4, 0.5) is 0 Å². The van der Waals surface area contributed by atoms with E-state index in [1.54, 1.807) is 31.4 Å². The number of rotatable bonds is 8. The van der Waals surface area contributed by atoms with E-state index in [-0.39, 0.29) is 17.4 Å². The Hall–Kier alpha value is -2.63. The quantitative estimate of drug-likeness (QED) is 0.477. The predicted octanol–water partition coefficient (Wildman–Crippen LogP) is 5.24. The highest BCUT2D eigenvalue weighted by Crippen LogP contribution is 2.35. The number of hydrogen-bond donors (Lipinski definition) is 0. The summed E-state index contributed by atoms with van der Waals surface area (Å²) in [6.45, 7) is 4.02. The second-order valence-electron chi connectivity index (χ2n) is 7.09. The van der Waals surface area contributed by atoms with E-state index < -0.39 is 10.1 Å². The maximum Gasteiger partial charge on any atom is 0.296 e. The molecule has 0 N–H and O–H groups in total. The van der Waals surface area contributed by atoms with Crippen molar-refractivity contribution in [3.63, 3.8) is 0 Å². The Morgan fingerprint density at radius 1 is 0.862 bits per heavy atom. The molecule has 0 aromatic heterocycles. The highest BCUT2D eigenvalue weighted by atomic mass is 32.2. The van der Waals surface area contributed by atoms with Crippen molar-refractivity contribution in [2.75, 3.05) is 13.7 Å². The standard InChI is InChI=1S/C24H26O4S/c1-18-9-12-21(13-10-18)29(25,26)28-16-15-22(20-7-5-4-6-8-20)23-17-19(2)11-14-24(23)27-3/h4-14,17,22H,15-16H2,1-3H3. The zero-order valence-electron chi connectivity index (χ0n) is 17.0. The Morgan fingerprint density at radius 3 is 2.17 bits per heavy atom. The summed E-state index contributed by atoms with van der Waals surface area (Å²) < 4.78 is 36.0. The van der Waals surface area contributed by atoms with E-state index in [0.29, 0.717) is 6.42 Å². The number of ether oxygens (including phenoxy) is 1. The van der Waals surface area contributed by atoms with E-state index in [4.69, 9.17) is 8.92 Å². The summed E-state index contributed by atoms with van der Waals surface area (Å²) in [5.41, 5.74) is 4.23. The van der Waals surface area contributed by atoms with E-state index in [2.05, 4.69) is 6.07 Å². The van der Waals surface area contributed by atoms with E-state index >= 15 is 0 Å². The van der Waals surface area contributed by atoms with Crippen LogP contribution in [0.3, 0.4) is 0 Å². The van der Waals surface area contributed by atoms with Crippen LogP contribution in [0.2, 0.25) is 0 Å². The molecule has 3 rings (SSSR count). The molecule has 4 nitrogen and oxygen atoms in total. The van der Waals surface area contributed by atoms with Gasteiger partial charge in [-0.25, -0.2) is 0 Å². The third kappa shape index (κ3) is 5.25. The fourth-order valence-electron chi connectivity index (χ4n) is 3.36. The fourth-order valence-corrected chi connectivity index (χ4v) is 4.28. The van der Waals surface area contributed by atoms with Gasteiger partial charge in [-0.15, -0.1) is 0 Å². The van der Waals surface area contributed by atoms with Gasteiger partial charge in [0, 0.05) is 11.5 Å². The first-order chi connectivity index (χ1) is 13.9. The molecule has 0 heterocycles. The number of methoxy groups -OCH3 is 1. The minimum absolute atomic E-state index is 0.0423. The Kier molecular flexibility index (Phi) is 6.72. The van der Waals surface area contributed by atoms with Gasteiger partial charge in [0.25, 0.3) is 10.1 Å². The molecule has 3 aromatic rings. The molecule has 0 saturated carbocycles. The minimum atomic E-state index is -3.79. The summed E-state index contributed by atoms with van der Waals surface area (Å²) in [6, 6.07) is 22.7. The lowest BCUT2D eigenvalue weighted by atomic mass is 9.87. The van der Waals surface area contributed by atoms with Crippen LogP contribution in [0, 0.1) is 13.8 Å². The predicted molar refractivity (Wildman–Crippen MR) is 115 cm³/mol. The van der Waals surface area contributed by atoms with Gasteiger partial charge in [-0.2, -0.15) is 8.42 Å². The molecule has 3 aromatic carbocycles. The molecule has 1 atom stereocenters. The van der Waals surface area contributed by atoms with Gasteiger partial charge in [0.15, 0.2) is 0 Å². The number of aryl methyl sites for hydroxylation is 2. The van der Waals surface area contributed by atoms with Crippen molar-refractivity contribution >= 4 is 10.1 Å². The number of hydrogen-bond acceptors (Lipinski definition) is 4. The van der Waals surface area contributed by atoms with Crippen molar-refractivity contribution in [1.82, 2.24) is 0 Å². The van der Waals surface area contributed by atoms with Gasteiger partial charge in [0.05, 0.1) is 18.6 Å². The van der Waals surface area contributed by atoms with Crippen molar-refractivity contribution in [3.05, 3.63) is 95.1 Å². The summed E-state index contributed by atoms with van der Waals surface area (Å²) in [5, 5.41) is 0. The first kappa shape index (κ1) is 21.1. The van der Waals surface area contributed by atoms with E-state index in [9.17, 15) is 8.42 Å². The molecule has 152 valence electrons. The normalized spacial score (nSPS) is 12.5. The van der Waals surface area contributed by atoms with Crippen LogP contribution in [0.25, 0.3) is 0 Å². The lowest BCUT2D eigenvalue weighted by Gasteiger charge is -2.21. The van der Waals surface area contributed by atoms with Crippen molar-refractivity contribution in [2.24, 2.45) is 0 Å². The van der Waals surface area contributed by atoms with Gasteiger partial charge in [-0.05, 0) is 44.0 Å². The smallest absolute Gasteiger partial charge is 0.296 e. The first-order valence-electron chi connectivity index (χ1n) is 9.56. The Labute approximate surface area is 173 Å². The van der Waals surface area contributed by atoms with E-state index in [1.165, 1.54) is 0 Å². The summed E-state index contributed by atoms with van der Waals surface area (Å²) in [6.07, 6.45) is 0.509. The van der Waals surface area contributed by atoms with Gasteiger partial charge >= 0.3 is 0 Å². The van der Waals surface area contributed by atoms with Gasteiger partial charge in [-0.1, -0.05) is 65.7 Å². The third-order valence-electron chi connectivity index (χ3n) is 4.92. The van der Waals surface area contributed by atoms with Crippen molar-refractivity contribution in [3.8, 4) is 5.75 Å². The molecule has 0 saturated heterocycles. The van der Waals surface area contributed by atoms with E-state index in [1.807, 2.05) is 56.3 Å². The van der Waals surface area contributed by atoms with Gasteiger partial charge in [0.1, 0.15) is 5.75 Å². The van der Waals surface area contributed by atoms with E-state index in [0.717, 1.165) is 28.0 Å². The van der Waals surface area contributed by atoms with Crippen molar-refractivity contribution < 1.29 is 17.3 Å². The fraction of sp³-hybridized carbons (Fsp3) is 0.250. The van der Waals surface area contributed by atoms with Gasteiger partial charge in [0.2, 0.25) is 0 Å².